The number of amides is 2. The monoisotopic (exact) mass is 268 g/mol. The molecule has 0 saturated carbocycles. The fraction of sp³-hybridized carbons (Fsp3) is 0.692. The Labute approximate surface area is 114 Å². The Balaban J connectivity index is 2.45. The molecule has 19 heavy (non-hydrogen) atoms. The van der Waals surface area contributed by atoms with Crippen molar-refractivity contribution >= 4 is 11.7 Å². The van der Waals surface area contributed by atoms with Crippen LogP contribution >= 0.6 is 0 Å². The third kappa shape index (κ3) is 4.55. The Kier molecular flexibility index (Phi) is 4.94. The van der Waals surface area contributed by atoms with Gasteiger partial charge < -0.3 is 15.7 Å². The molecule has 1 atom stereocenters. The number of hydrogen-bond donors (Lipinski definition) is 3. The number of hydrogen-bond acceptors (Lipinski definition) is 3. The standard InChI is InChI=1S/C13H24N4O2/c1-9(2)11(18)13(3,4)8-14-12(19)16-10-6-15-17(5)7-10/h6-7,9,11,18H,8H2,1-5H3,(H2,14,16,19). The molecular weight excluding hydrogens is 244 g/mol. The number of aromatic nitrogens is 2. The summed E-state index contributed by atoms with van der Waals surface area (Å²) in [5, 5.41) is 19.5. The molecule has 0 radical (unpaired) electrons. The van der Waals surface area contributed by atoms with E-state index in [0.717, 1.165) is 0 Å². The molecule has 0 aromatic carbocycles. The minimum Gasteiger partial charge on any atom is -0.392 e. The number of aryl methyl sites for hydroxylation is 1. The van der Waals surface area contributed by atoms with E-state index in [1.807, 2.05) is 27.7 Å². The zero-order valence-corrected chi connectivity index (χ0v) is 12.3. The summed E-state index contributed by atoms with van der Waals surface area (Å²) in [6.45, 7) is 8.19. The van der Waals surface area contributed by atoms with E-state index in [1.165, 1.54) is 0 Å². The van der Waals surface area contributed by atoms with E-state index in [4.69, 9.17) is 0 Å². The van der Waals surface area contributed by atoms with Crippen molar-refractivity contribution in [3.05, 3.63) is 12.4 Å². The van der Waals surface area contributed by atoms with Gasteiger partial charge in [0.25, 0.3) is 0 Å². The summed E-state index contributed by atoms with van der Waals surface area (Å²) in [5.41, 5.74) is 0.266. The van der Waals surface area contributed by atoms with Crippen LogP contribution < -0.4 is 10.6 Å². The Bertz CT molecular complexity index is 426. The van der Waals surface area contributed by atoms with Crippen molar-refractivity contribution < 1.29 is 9.90 Å². The topological polar surface area (TPSA) is 79.2 Å². The molecule has 1 heterocycles. The molecule has 1 aromatic rings. The molecular formula is C13H24N4O2. The van der Waals surface area contributed by atoms with Gasteiger partial charge in [0.1, 0.15) is 0 Å². The molecule has 2 amide bonds. The average molecular weight is 268 g/mol. The molecule has 0 saturated heterocycles. The predicted octanol–water partition coefficient (Wildman–Crippen LogP) is 1.58. The molecule has 3 N–H and O–H groups in total. The Morgan fingerprint density at radius 1 is 1.53 bits per heavy atom. The number of urea groups is 1. The van der Waals surface area contributed by atoms with Gasteiger partial charge in [0.15, 0.2) is 0 Å². The van der Waals surface area contributed by atoms with Crippen molar-refractivity contribution in [3.63, 3.8) is 0 Å². The van der Waals surface area contributed by atoms with Gasteiger partial charge >= 0.3 is 6.03 Å². The largest absolute Gasteiger partial charge is 0.392 e. The number of aliphatic hydroxyl groups is 1. The second-order valence-corrected chi connectivity index (χ2v) is 5.89. The van der Waals surface area contributed by atoms with Crippen molar-refractivity contribution in [1.82, 2.24) is 15.1 Å². The van der Waals surface area contributed by atoms with Gasteiger partial charge in [-0.05, 0) is 5.92 Å². The highest BCUT2D eigenvalue weighted by molar-refractivity contribution is 5.88. The van der Waals surface area contributed by atoms with E-state index in [0.29, 0.717) is 12.2 Å². The first-order valence-electron chi connectivity index (χ1n) is 6.44. The third-order valence-corrected chi connectivity index (χ3v) is 3.10. The van der Waals surface area contributed by atoms with Crippen LogP contribution in [0.2, 0.25) is 0 Å². The molecule has 0 bridgehead atoms. The lowest BCUT2D eigenvalue weighted by atomic mass is 9.81. The average Bonchev–Trinajstić information content (AvgIpc) is 2.71. The zero-order chi connectivity index (χ0) is 14.6. The maximum Gasteiger partial charge on any atom is 0.319 e. The van der Waals surface area contributed by atoms with Gasteiger partial charge in [0, 0.05) is 25.2 Å². The molecule has 0 aliphatic heterocycles. The number of anilines is 1. The quantitative estimate of drug-likeness (QED) is 0.758. The van der Waals surface area contributed by atoms with E-state index in [-0.39, 0.29) is 17.4 Å². The van der Waals surface area contributed by atoms with Gasteiger partial charge in [-0.15, -0.1) is 0 Å². The highest BCUT2D eigenvalue weighted by Crippen LogP contribution is 2.25. The molecule has 1 aromatic heterocycles. The fourth-order valence-corrected chi connectivity index (χ4v) is 1.98. The molecule has 0 spiro atoms. The minimum atomic E-state index is -0.466. The maximum absolute atomic E-state index is 11.7. The molecule has 6 nitrogen and oxygen atoms in total. The summed E-state index contributed by atoms with van der Waals surface area (Å²) >= 11 is 0. The van der Waals surface area contributed by atoms with Crippen LogP contribution in [0.15, 0.2) is 12.4 Å². The number of carbonyl (C=O) groups is 1. The molecule has 0 aliphatic rings. The van der Waals surface area contributed by atoms with Gasteiger partial charge in [0.2, 0.25) is 0 Å². The van der Waals surface area contributed by atoms with Gasteiger partial charge in [-0.25, -0.2) is 4.79 Å². The second kappa shape index (κ2) is 6.06. The molecule has 108 valence electrons. The van der Waals surface area contributed by atoms with Crippen LogP contribution in [0, 0.1) is 11.3 Å². The molecule has 1 rings (SSSR count). The summed E-state index contributed by atoms with van der Waals surface area (Å²) < 4.78 is 1.61. The van der Waals surface area contributed by atoms with Crippen LogP contribution in [0.25, 0.3) is 0 Å². The van der Waals surface area contributed by atoms with Crippen LogP contribution in [-0.2, 0) is 7.05 Å². The Morgan fingerprint density at radius 2 is 2.16 bits per heavy atom. The van der Waals surface area contributed by atoms with E-state index < -0.39 is 6.10 Å². The Morgan fingerprint density at radius 3 is 2.63 bits per heavy atom. The summed E-state index contributed by atoms with van der Waals surface area (Å²) in [7, 11) is 1.78. The highest BCUT2D eigenvalue weighted by Gasteiger charge is 2.30. The van der Waals surface area contributed by atoms with Crippen molar-refractivity contribution in [2.45, 2.75) is 33.8 Å². The first kappa shape index (κ1) is 15.5. The zero-order valence-electron chi connectivity index (χ0n) is 12.3. The van der Waals surface area contributed by atoms with Crippen LogP contribution in [0.4, 0.5) is 10.5 Å². The summed E-state index contributed by atoms with van der Waals surface area (Å²) in [6, 6.07) is -0.294. The SMILES string of the molecule is CC(C)C(O)C(C)(C)CNC(=O)Nc1cnn(C)c1. The van der Waals surface area contributed by atoms with Crippen molar-refractivity contribution in [1.29, 1.82) is 0 Å². The fourth-order valence-electron chi connectivity index (χ4n) is 1.98. The van der Waals surface area contributed by atoms with E-state index in [9.17, 15) is 9.90 Å². The number of nitrogens with zero attached hydrogens (tertiary/aromatic N) is 2. The lowest BCUT2D eigenvalue weighted by Gasteiger charge is -2.33. The van der Waals surface area contributed by atoms with Gasteiger partial charge in [0.05, 0.1) is 18.0 Å². The first-order chi connectivity index (χ1) is 8.72. The van der Waals surface area contributed by atoms with Gasteiger partial charge in [-0.1, -0.05) is 27.7 Å². The summed E-state index contributed by atoms with van der Waals surface area (Å²) in [6.07, 6.45) is 2.83. The van der Waals surface area contributed by atoms with Crippen LogP contribution in [0.3, 0.4) is 0 Å². The number of aliphatic hydroxyl groups excluding tert-OH is 1. The number of carbonyl (C=O) groups excluding carboxylic acids is 1. The van der Waals surface area contributed by atoms with Gasteiger partial charge in [-0.3, -0.25) is 4.68 Å². The normalized spacial score (nSPS) is 13.4. The highest BCUT2D eigenvalue weighted by atomic mass is 16.3. The lowest BCUT2D eigenvalue weighted by molar-refractivity contribution is 0.0154. The molecule has 0 aliphatic carbocycles. The van der Waals surface area contributed by atoms with Crippen LogP contribution in [0.5, 0.6) is 0 Å². The van der Waals surface area contributed by atoms with Gasteiger partial charge in [-0.2, -0.15) is 5.10 Å². The smallest absolute Gasteiger partial charge is 0.319 e. The lowest BCUT2D eigenvalue weighted by Crippen LogP contribution is -2.44. The number of nitrogens with one attached hydrogen (secondary N) is 2. The van der Waals surface area contributed by atoms with Crippen LogP contribution in [0.1, 0.15) is 27.7 Å². The second-order valence-electron chi connectivity index (χ2n) is 5.89. The predicted molar refractivity (Wildman–Crippen MR) is 74.9 cm³/mol. The minimum absolute atomic E-state index is 0.151. The summed E-state index contributed by atoms with van der Waals surface area (Å²) in [4.78, 5) is 11.7. The van der Waals surface area contributed by atoms with E-state index in [2.05, 4.69) is 15.7 Å². The molecule has 1 unspecified atom stereocenters. The number of rotatable bonds is 5. The first-order valence-corrected chi connectivity index (χ1v) is 6.44. The maximum atomic E-state index is 11.7. The third-order valence-electron chi connectivity index (χ3n) is 3.10. The van der Waals surface area contributed by atoms with E-state index >= 15 is 0 Å². The van der Waals surface area contributed by atoms with Crippen LogP contribution in [-0.4, -0.2) is 33.6 Å². The van der Waals surface area contributed by atoms with Crippen molar-refractivity contribution in [2.24, 2.45) is 18.4 Å². The summed E-state index contributed by atoms with van der Waals surface area (Å²) in [5.74, 6) is 0.151. The molecule has 6 heteroatoms. The van der Waals surface area contributed by atoms with Crippen molar-refractivity contribution in [3.8, 4) is 0 Å². The molecule has 0 fully saturated rings. The van der Waals surface area contributed by atoms with Crippen molar-refractivity contribution in [2.75, 3.05) is 11.9 Å². The van der Waals surface area contributed by atoms with E-state index in [1.54, 1.807) is 24.1 Å². The Hall–Kier alpha value is -1.56.